The van der Waals surface area contributed by atoms with Gasteiger partial charge in [0.25, 0.3) is 5.91 Å². The largest absolute Gasteiger partial charge is 0.497 e. The minimum atomic E-state index is -0.577. The number of nitrogens with zero attached hydrogens (tertiary/aromatic N) is 1. The number of likely N-dealkylation sites (N-methyl/N-ethyl adjacent to an activating group) is 1. The lowest BCUT2D eigenvalue weighted by Gasteiger charge is -2.30. The Bertz CT molecular complexity index is 866. The van der Waals surface area contributed by atoms with E-state index in [2.05, 4.69) is 5.32 Å². The van der Waals surface area contributed by atoms with E-state index in [0.29, 0.717) is 31.0 Å². The number of carbonyl (C=O) groups is 2. The predicted molar refractivity (Wildman–Crippen MR) is 118 cm³/mol. The van der Waals surface area contributed by atoms with Crippen molar-refractivity contribution in [1.29, 1.82) is 0 Å². The van der Waals surface area contributed by atoms with Crippen LogP contribution in [0.15, 0.2) is 42.5 Å². The third-order valence-corrected chi connectivity index (χ3v) is 4.91. The summed E-state index contributed by atoms with van der Waals surface area (Å²) >= 11 is 0. The number of benzene rings is 2. The maximum atomic E-state index is 13.2. The molecule has 0 heterocycles. The van der Waals surface area contributed by atoms with Gasteiger partial charge in [-0.15, -0.1) is 0 Å². The van der Waals surface area contributed by atoms with Gasteiger partial charge in [-0.3, -0.25) is 9.59 Å². The van der Waals surface area contributed by atoms with Crippen molar-refractivity contribution in [2.45, 2.75) is 46.7 Å². The van der Waals surface area contributed by atoms with E-state index >= 15 is 0 Å². The zero-order chi connectivity index (χ0) is 22.1. The molecule has 0 unspecified atom stereocenters. The van der Waals surface area contributed by atoms with E-state index in [-0.39, 0.29) is 18.4 Å². The van der Waals surface area contributed by atoms with E-state index < -0.39 is 6.04 Å². The summed E-state index contributed by atoms with van der Waals surface area (Å²) in [4.78, 5) is 27.4. The molecule has 2 aromatic rings. The number of nitrogens with one attached hydrogen (secondary N) is 1. The summed E-state index contributed by atoms with van der Waals surface area (Å²) in [5, 5.41) is 2.83. The summed E-state index contributed by atoms with van der Waals surface area (Å²) in [6, 6.07) is 12.8. The molecule has 2 aromatic carbocycles. The first-order chi connectivity index (χ1) is 14.4. The van der Waals surface area contributed by atoms with Gasteiger partial charge in [0, 0.05) is 13.1 Å². The van der Waals surface area contributed by atoms with Gasteiger partial charge in [0.15, 0.2) is 6.61 Å². The molecule has 0 spiro atoms. The molecule has 1 N–H and O–H groups in total. The summed E-state index contributed by atoms with van der Waals surface area (Å²) < 4.78 is 11.1. The highest BCUT2D eigenvalue weighted by Gasteiger charge is 2.28. The van der Waals surface area contributed by atoms with Crippen LogP contribution in [0.3, 0.4) is 0 Å². The molecule has 0 aliphatic carbocycles. The van der Waals surface area contributed by atoms with Crippen LogP contribution in [0.25, 0.3) is 0 Å². The van der Waals surface area contributed by atoms with Crippen molar-refractivity contribution in [2.24, 2.45) is 0 Å². The van der Waals surface area contributed by atoms with Crippen LogP contribution >= 0.6 is 0 Å². The number of methoxy groups -OCH3 is 1. The summed E-state index contributed by atoms with van der Waals surface area (Å²) in [6.07, 6.45) is 0.505. The Kier molecular flexibility index (Phi) is 8.71. The molecular formula is C24H32N2O4. The Morgan fingerprint density at radius 1 is 1.10 bits per heavy atom. The minimum absolute atomic E-state index is 0.135. The molecule has 2 amide bonds. The summed E-state index contributed by atoms with van der Waals surface area (Å²) in [5.74, 6) is 0.970. The molecule has 0 aromatic heterocycles. The molecule has 0 aliphatic rings. The van der Waals surface area contributed by atoms with Crippen molar-refractivity contribution in [1.82, 2.24) is 10.2 Å². The number of carbonyl (C=O) groups excluding carboxylic acids is 2. The number of hydrogen-bond acceptors (Lipinski definition) is 4. The summed E-state index contributed by atoms with van der Waals surface area (Å²) in [5.41, 5.74) is 2.99. The highest BCUT2D eigenvalue weighted by molar-refractivity contribution is 5.88. The van der Waals surface area contributed by atoms with Gasteiger partial charge in [0.2, 0.25) is 5.91 Å². The number of amides is 2. The van der Waals surface area contributed by atoms with E-state index in [0.717, 1.165) is 16.7 Å². The molecule has 6 heteroatoms. The predicted octanol–water partition coefficient (Wildman–Crippen LogP) is 3.63. The van der Waals surface area contributed by atoms with Gasteiger partial charge in [-0.1, -0.05) is 36.8 Å². The molecular weight excluding hydrogens is 380 g/mol. The van der Waals surface area contributed by atoms with E-state index in [1.54, 1.807) is 12.0 Å². The number of hydrogen-bond donors (Lipinski definition) is 1. The molecule has 0 aliphatic heterocycles. The molecule has 0 saturated heterocycles. The first kappa shape index (κ1) is 23.3. The fraction of sp³-hybridized carbons (Fsp3) is 0.417. The Morgan fingerprint density at radius 2 is 1.87 bits per heavy atom. The normalized spacial score (nSPS) is 11.5. The lowest BCUT2D eigenvalue weighted by atomic mass is 10.1. The highest BCUT2D eigenvalue weighted by atomic mass is 16.5. The van der Waals surface area contributed by atoms with E-state index in [1.807, 2.05) is 70.2 Å². The standard InChI is InChI=1S/C24H32N2O4/c1-6-21(24(28)25-7-2)26(15-19-9-8-10-20(14-19)29-5)23(27)16-30-22-12-11-17(3)13-18(22)4/h8-14,21H,6-7,15-16H2,1-5H3,(H,25,28)/t21-/m1/s1. The SMILES string of the molecule is CCNC(=O)[C@@H](CC)N(Cc1cccc(OC)c1)C(=O)COc1ccc(C)cc1C. The zero-order valence-corrected chi connectivity index (χ0v) is 18.5. The Morgan fingerprint density at radius 3 is 2.50 bits per heavy atom. The molecule has 162 valence electrons. The number of ether oxygens (including phenoxy) is 2. The minimum Gasteiger partial charge on any atom is -0.497 e. The second kappa shape index (κ2) is 11.2. The molecule has 0 radical (unpaired) electrons. The second-order valence-corrected chi connectivity index (χ2v) is 7.25. The number of aryl methyl sites for hydroxylation is 2. The van der Waals surface area contributed by atoms with Crippen molar-refractivity contribution in [3.63, 3.8) is 0 Å². The Hall–Kier alpha value is -3.02. The quantitative estimate of drug-likeness (QED) is 0.647. The molecule has 2 rings (SSSR count). The molecule has 6 nitrogen and oxygen atoms in total. The van der Waals surface area contributed by atoms with E-state index in [4.69, 9.17) is 9.47 Å². The monoisotopic (exact) mass is 412 g/mol. The molecule has 0 fully saturated rings. The van der Waals surface area contributed by atoms with Crippen LogP contribution in [-0.4, -0.2) is 43.0 Å². The van der Waals surface area contributed by atoms with Crippen LogP contribution in [0.2, 0.25) is 0 Å². The second-order valence-electron chi connectivity index (χ2n) is 7.25. The lowest BCUT2D eigenvalue weighted by molar-refractivity contribution is -0.142. The van der Waals surface area contributed by atoms with E-state index in [9.17, 15) is 9.59 Å². The van der Waals surface area contributed by atoms with Crippen molar-refractivity contribution in [2.75, 3.05) is 20.3 Å². The van der Waals surface area contributed by atoms with Gasteiger partial charge >= 0.3 is 0 Å². The zero-order valence-electron chi connectivity index (χ0n) is 18.5. The van der Waals surface area contributed by atoms with Crippen LogP contribution in [0.4, 0.5) is 0 Å². The van der Waals surface area contributed by atoms with Crippen molar-refractivity contribution >= 4 is 11.8 Å². The van der Waals surface area contributed by atoms with Gasteiger partial charge in [-0.2, -0.15) is 0 Å². The average molecular weight is 413 g/mol. The maximum absolute atomic E-state index is 13.2. The first-order valence-corrected chi connectivity index (χ1v) is 10.3. The van der Waals surface area contributed by atoms with Gasteiger partial charge < -0.3 is 19.7 Å². The molecule has 1 atom stereocenters. The fourth-order valence-electron chi connectivity index (χ4n) is 3.36. The van der Waals surface area contributed by atoms with Crippen molar-refractivity contribution in [3.8, 4) is 11.5 Å². The van der Waals surface area contributed by atoms with Gasteiger partial charge in [0.05, 0.1) is 7.11 Å². The third-order valence-electron chi connectivity index (χ3n) is 4.91. The van der Waals surface area contributed by atoms with Crippen molar-refractivity contribution < 1.29 is 19.1 Å². The summed E-state index contributed by atoms with van der Waals surface area (Å²) in [6.45, 7) is 8.39. The maximum Gasteiger partial charge on any atom is 0.261 e. The van der Waals surface area contributed by atoms with Gasteiger partial charge in [-0.05, 0) is 56.5 Å². The number of rotatable bonds is 10. The van der Waals surface area contributed by atoms with Crippen LogP contribution < -0.4 is 14.8 Å². The first-order valence-electron chi connectivity index (χ1n) is 10.3. The topological polar surface area (TPSA) is 67.9 Å². The molecule has 0 bridgehead atoms. The summed E-state index contributed by atoms with van der Waals surface area (Å²) in [7, 11) is 1.60. The highest BCUT2D eigenvalue weighted by Crippen LogP contribution is 2.20. The van der Waals surface area contributed by atoms with Gasteiger partial charge in [-0.25, -0.2) is 0 Å². The third kappa shape index (κ3) is 6.24. The van der Waals surface area contributed by atoms with E-state index in [1.165, 1.54) is 0 Å². The molecule has 30 heavy (non-hydrogen) atoms. The van der Waals surface area contributed by atoms with Crippen LogP contribution in [-0.2, 0) is 16.1 Å². The smallest absolute Gasteiger partial charge is 0.261 e. The van der Waals surface area contributed by atoms with Gasteiger partial charge in [0.1, 0.15) is 17.5 Å². The Labute approximate surface area is 179 Å². The lowest BCUT2D eigenvalue weighted by Crippen LogP contribution is -2.50. The van der Waals surface area contributed by atoms with Crippen LogP contribution in [0, 0.1) is 13.8 Å². The van der Waals surface area contributed by atoms with Crippen LogP contribution in [0.1, 0.15) is 37.0 Å². The fourth-order valence-corrected chi connectivity index (χ4v) is 3.36. The average Bonchev–Trinajstić information content (AvgIpc) is 2.73. The van der Waals surface area contributed by atoms with Crippen molar-refractivity contribution in [3.05, 3.63) is 59.2 Å². The van der Waals surface area contributed by atoms with Crippen LogP contribution in [0.5, 0.6) is 11.5 Å². The Balaban J connectivity index is 2.23. The molecule has 0 saturated carbocycles.